The highest BCUT2D eigenvalue weighted by Crippen LogP contribution is 2.29. The quantitative estimate of drug-likeness (QED) is 0.750. The highest BCUT2D eigenvalue weighted by molar-refractivity contribution is 6.03. The molecule has 0 aliphatic carbocycles. The molecular weight excluding hydrogens is 319 g/mol. The van der Waals surface area contributed by atoms with Gasteiger partial charge >= 0.3 is 6.18 Å². The highest BCUT2D eigenvalue weighted by Gasteiger charge is 2.30. The molecular formula is C17H12F3N3O. The van der Waals surface area contributed by atoms with Crippen LogP contribution in [0.3, 0.4) is 0 Å². The van der Waals surface area contributed by atoms with E-state index in [9.17, 15) is 18.0 Å². The third-order valence-electron chi connectivity index (χ3n) is 3.36. The Balaban J connectivity index is 1.73. The van der Waals surface area contributed by atoms with Crippen molar-refractivity contribution in [3.63, 3.8) is 0 Å². The van der Waals surface area contributed by atoms with E-state index < -0.39 is 17.6 Å². The van der Waals surface area contributed by atoms with E-state index in [2.05, 4.69) is 15.5 Å². The second-order valence-electron chi connectivity index (χ2n) is 5.06. The van der Waals surface area contributed by atoms with Gasteiger partial charge in [0.2, 0.25) is 0 Å². The first-order valence-electron chi connectivity index (χ1n) is 7.03. The Bertz CT molecular complexity index is 840. The summed E-state index contributed by atoms with van der Waals surface area (Å²) in [5.74, 6) is -0.482. The van der Waals surface area contributed by atoms with Crippen molar-refractivity contribution in [2.24, 2.45) is 0 Å². The van der Waals surface area contributed by atoms with Crippen molar-refractivity contribution >= 4 is 11.6 Å². The van der Waals surface area contributed by atoms with Crippen molar-refractivity contribution < 1.29 is 18.0 Å². The first-order valence-corrected chi connectivity index (χ1v) is 7.03. The molecule has 0 aliphatic rings. The number of benzene rings is 2. The number of carbonyl (C=O) groups excluding carboxylic acids is 1. The van der Waals surface area contributed by atoms with E-state index in [1.165, 1.54) is 12.1 Å². The minimum atomic E-state index is -4.41. The molecule has 1 amide bonds. The standard InChI is InChI=1S/C17H12F3N3O/c18-17(19,20)12-6-8-13(9-7-12)21-16(24)15-10-14(22-23-15)11-4-2-1-3-5-11/h1-10H,(H,21,24)(H,22,23). The van der Waals surface area contributed by atoms with Gasteiger partial charge in [-0.2, -0.15) is 18.3 Å². The van der Waals surface area contributed by atoms with Crippen LogP contribution in [0.5, 0.6) is 0 Å². The van der Waals surface area contributed by atoms with Crippen LogP contribution in [0.1, 0.15) is 16.1 Å². The van der Waals surface area contributed by atoms with Gasteiger partial charge in [0.25, 0.3) is 5.91 Å². The molecule has 122 valence electrons. The summed E-state index contributed by atoms with van der Waals surface area (Å²) in [6, 6.07) is 15.1. The molecule has 0 saturated carbocycles. The number of H-pyrrole nitrogens is 1. The molecule has 1 heterocycles. The number of aromatic amines is 1. The van der Waals surface area contributed by atoms with Crippen LogP contribution in [0, 0.1) is 0 Å². The Morgan fingerprint density at radius 1 is 1.00 bits per heavy atom. The number of halogens is 3. The van der Waals surface area contributed by atoms with Gasteiger partial charge in [-0.3, -0.25) is 9.89 Å². The third kappa shape index (κ3) is 3.45. The first-order chi connectivity index (χ1) is 11.4. The van der Waals surface area contributed by atoms with Gasteiger partial charge in [0.1, 0.15) is 5.69 Å². The van der Waals surface area contributed by atoms with Crippen LogP contribution >= 0.6 is 0 Å². The van der Waals surface area contributed by atoms with Gasteiger partial charge < -0.3 is 5.32 Å². The zero-order chi connectivity index (χ0) is 17.2. The summed E-state index contributed by atoms with van der Waals surface area (Å²) >= 11 is 0. The van der Waals surface area contributed by atoms with E-state index in [1.54, 1.807) is 6.07 Å². The molecule has 0 spiro atoms. The Hall–Kier alpha value is -3.09. The lowest BCUT2D eigenvalue weighted by atomic mass is 10.1. The topological polar surface area (TPSA) is 57.8 Å². The maximum atomic E-state index is 12.5. The summed E-state index contributed by atoms with van der Waals surface area (Å²) in [4.78, 5) is 12.1. The predicted octanol–water partition coefficient (Wildman–Crippen LogP) is 4.35. The van der Waals surface area contributed by atoms with Crippen molar-refractivity contribution in [3.05, 3.63) is 71.9 Å². The lowest BCUT2D eigenvalue weighted by Gasteiger charge is -2.08. The number of hydrogen-bond donors (Lipinski definition) is 2. The minimum Gasteiger partial charge on any atom is -0.321 e. The minimum absolute atomic E-state index is 0.216. The van der Waals surface area contributed by atoms with Gasteiger partial charge in [-0.25, -0.2) is 0 Å². The molecule has 24 heavy (non-hydrogen) atoms. The molecule has 7 heteroatoms. The monoisotopic (exact) mass is 331 g/mol. The molecule has 1 aromatic heterocycles. The largest absolute Gasteiger partial charge is 0.416 e. The van der Waals surface area contributed by atoms with Crippen molar-refractivity contribution in [2.45, 2.75) is 6.18 Å². The molecule has 4 nitrogen and oxygen atoms in total. The number of amides is 1. The van der Waals surface area contributed by atoms with Crippen molar-refractivity contribution in [2.75, 3.05) is 5.32 Å². The van der Waals surface area contributed by atoms with Gasteiger partial charge in [-0.15, -0.1) is 0 Å². The van der Waals surface area contributed by atoms with E-state index in [1.807, 2.05) is 30.3 Å². The summed E-state index contributed by atoms with van der Waals surface area (Å²) in [5.41, 5.74) is 1.17. The molecule has 3 aromatic rings. The van der Waals surface area contributed by atoms with E-state index in [0.29, 0.717) is 5.69 Å². The highest BCUT2D eigenvalue weighted by atomic mass is 19.4. The molecule has 0 unspecified atom stereocenters. The van der Waals surface area contributed by atoms with Crippen molar-refractivity contribution in [1.29, 1.82) is 0 Å². The number of anilines is 1. The molecule has 0 saturated heterocycles. The number of alkyl halides is 3. The van der Waals surface area contributed by atoms with Crippen LogP contribution in [0.25, 0.3) is 11.3 Å². The van der Waals surface area contributed by atoms with E-state index >= 15 is 0 Å². The van der Waals surface area contributed by atoms with E-state index in [-0.39, 0.29) is 11.4 Å². The molecule has 0 atom stereocenters. The molecule has 0 radical (unpaired) electrons. The number of nitrogens with one attached hydrogen (secondary N) is 2. The molecule has 2 aromatic carbocycles. The second-order valence-corrected chi connectivity index (χ2v) is 5.06. The van der Waals surface area contributed by atoms with Crippen LogP contribution in [0.4, 0.5) is 18.9 Å². The van der Waals surface area contributed by atoms with Gasteiger partial charge in [-0.05, 0) is 30.3 Å². The van der Waals surface area contributed by atoms with Gasteiger partial charge in [0.15, 0.2) is 0 Å². The van der Waals surface area contributed by atoms with Crippen LogP contribution < -0.4 is 5.32 Å². The number of aromatic nitrogens is 2. The summed E-state index contributed by atoms with van der Waals surface area (Å²) in [7, 11) is 0. The smallest absolute Gasteiger partial charge is 0.321 e. The average molecular weight is 331 g/mol. The second kappa shape index (κ2) is 6.19. The SMILES string of the molecule is O=C(Nc1ccc(C(F)(F)F)cc1)c1cc(-c2ccccc2)n[nH]1. The summed E-state index contributed by atoms with van der Waals surface area (Å²) in [6.45, 7) is 0. The molecule has 0 fully saturated rings. The summed E-state index contributed by atoms with van der Waals surface area (Å²) in [6.07, 6.45) is -4.41. The maximum absolute atomic E-state index is 12.5. The van der Waals surface area contributed by atoms with Gasteiger partial charge in [-0.1, -0.05) is 30.3 Å². The van der Waals surface area contributed by atoms with Gasteiger partial charge in [0.05, 0.1) is 11.3 Å². The van der Waals surface area contributed by atoms with E-state index in [4.69, 9.17) is 0 Å². The Morgan fingerprint density at radius 3 is 2.29 bits per heavy atom. The van der Waals surface area contributed by atoms with Crippen LogP contribution in [-0.2, 0) is 6.18 Å². The normalized spacial score (nSPS) is 11.3. The Kier molecular flexibility index (Phi) is 4.07. The molecule has 0 bridgehead atoms. The number of carbonyl (C=O) groups is 1. The van der Waals surface area contributed by atoms with Crippen LogP contribution in [-0.4, -0.2) is 16.1 Å². The first kappa shape index (κ1) is 15.8. The zero-order valence-corrected chi connectivity index (χ0v) is 12.3. The van der Waals surface area contributed by atoms with E-state index in [0.717, 1.165) is 17.7 Å². The summed E-state index contributed by atoms with van der Waals surface area (Å²) < 4.78 is 37.5. The average Bonchev–Trinajstić information content (AvgIpc) is 3.05. The zero-order valence-electron chi connectivity index (χ0n) is 12.3. The lowest BCUT2D eigenvalue weighted by Crippen LogP contribution is -2.12. The fraction of sp³-hybridized carbons (Fsp3) is 0.0588. The fourth-order valence-electron chi connectivity index (χ4n) is 2.14. The van der Waals surface area contributed by atoms with Crippen molar-refractivity contribution in [1.82, 2.24) is 10.2 Å². The van der Waals surface area contributed by atoms with Gasteiger partial charge in [0, 0.05) is 11.3 Å². The summed E-state index contributed by atoms with van der Waals surface area (Å²) in [5, 5.41) is 9.20. The number of hydrogen-bond acceptors (Lipinski definition) is 2. The maximum Gasteiger partial charge on any atom is 0.416 e. The predicted molar refractivity (Wildman–Crippen MR) is 83.4 cm³/mol. The Labute approximate surface area is 135 Å². The molecule has 3 rings (SSSR count). The lowest BCUT2D eigenvalue weighted by molar-refractivity contribution is -0.137. The number of rotatable bonds is 3. The fourth-order valence-corrected chi connectivity index (χ4v) is 2.14. The number of nitrogens with zero attached hydrogens (tertiary/aromatic N) is 1. The van der Waals surface area contributed by atoms with Crippen molar-refractivity contribution in [3.8, 4) is 11.3 Å². The third-order valence-corrected chi connectivity index (χ3v) is 3.36. The van der Waals surface area contributed by atoms with Crippen LogP contribution in [0.2, 0.25) is 0 Å². The molecule has 0 aliphatic heterocycles. The Morgan fingerprint density at radius 2 is 1.67 bits per heavy atom. The van der Waals surface area contributed by atoms with Crippen LogP contribution in [0.15, 0.2) is 60.7 Å². The molecule has 2 N–H and O–H groups in total.